The van der Waals surface area contributed by atoms with E-state index in [9.17, 15) is 24.1 Å². The number of rotatable bonds is 3. The average molecular weight is 397 g/mol. The number of benzene rings is 2. The molecule has 9 heteroatoms. The van der Waals surface area contributed by atoms with Gasteiger partial charge in [0.2, 0.25) is 0 Å². The van der Waals surface area contributed by atoms with Gasteiger partial charge in [0.1, 0.15) is 17.0 Å². The Kier molecular flexibility index (Phi) is 4.71. The zero-order chi connectivity index (χ0) is 20.5. The molecule has 29 heavy (non-hydrogen) atoms. The molecule has 2 heterocycles. The number of hydrogen-bond acceptors (Lipinski definition) is 6. The summed E-state index contributed by atoms with van der Waals surface area (Å²) in [6.45, 7) is 1.44. The van der Waals surface area contributed by atoms with Crippen molar-refractivity contribution in [2.45, 2.75) is 0 Å². The maximum atomic E-state index is 14.0. The van der Waals surface area contributed by atoms with Gasteiger partial charge in [-0.2, -0.15) is 0 Å². The van der Waals surface area contributed by atoms with Crippen molar-refractivity contribution < 1.29 is 18.5 Å². The second kappa shape index (κ2) is 7.34. The number of halogens is 1. The summed E-state index contributed by atoms with van der Waals surface area (Å²) >= 11 is 0. The number of hydrogen-bond donors (Lipinski definition) is 0. The van der Waals surface area contributed by atoms with Gasteiger partial charge in [0.15, 0.2) is 0 Å². The molecule has 4 rings (SSSR count). The first-order valence-electron chi connectivity index (χ1n) is 8.95. The molecule has 0 bridgehead atoms. The van der Waals surface area contributed by atoms with Crippen molar-refractivity contribution in [1.82, 2.24) is 4.90 Å². The third-order valence-electron chi connectivity index (χ3n) is 4.92. The summed E-state index contributed by atoms with van der Waals surface area (Å²) < 4.78 is 19.1. The van der Waals surface area contributed by atoms with Gasteiger partial charge in [0, 0.05) is 43.7 Å². The van der Waals surface area contributed by atoms with Gasteiger partial charge in [0.25, 0.3) is 11.6 Å². The van der Waals surface area contributed by atoms with Gasteiger partial charge in [0.05, 0.1) is 10.6 Å². The zero-order valence-electron chi connectivity index (χ0n) is 15.2. The third kappa shape index (κ3) is 3.54. The van der Waals surface area contributed by atoms with Crippen molar-refractivity contribution in [1.29, 1.82) is 0 Å². The first-order chi connectivity index (χ1) is 13.9. The van der Waals surface area contributed by atoms with Gasteiger partial charge in [-0.25, -0.2) is 9.18 Å². The smallest absolute Gasteiger partial charge is 0.349 e. The lowest BCUT2D eigenvalue weighted by Gasteiger charge is -2.36. The Balaban J connectivity index is 1.56. The molecule has 3 aromatic rings. The van der Waals surface area contributed by atoms with Crippen molar-refractivity contribution >= 4 is 28.3 Å². The number of anilines is 1. The highest BCUT2D eigenvalue weighted by atomic mass is 19.1. The molecule has 1 aliphatic heterocycles. The molecule has 8 nitrogen and oxygen atoms in total. The van der Waals surface area contributed by atoms with Crippen molar-refractivity contribution in [3.63, 3.8) is 0 Å². The Labute approximate surface area is 163 Å². The molecule has 2 aromatic carbocycles. The predicted molar refractivity (Wildman–Crippen MR) is 104 cm³/mol. The summed E-state index contributed by atoms with van der Waals surface area (Å²) in [5, 5.41) is 11.3. The van der Waals surface area contributed by atoms with Crippen molar-refractivity contribution in [3.05, 3.63) is 80.4 Å². The minimum Gasteiger partial charge on any atom is -0.422 e. The fourth-order valence-electron chi connectivity index (χ4n) is 3.40. The molecular weight excluding hydrogens is 381 g/mol. The molecule has 1 saturated heterocycles. The lowest BCUT2D eigenvalue weighted by atomic mass is 10.1. The van der Waals surface area contributed by atoms with E-state index in [4.69, 9.17) is 4.42 Å². The van der Waals surface area contributed by atoms with Crippen LogP contribution < -0.4 is 10.5 Å². The van der Waals surface area contributed by atoms with E-state index in [0.717, 1.165) is 0 Å². The van der Waals surface area contributed by atoms with Crippen LogP contribution in [0.2, 0.25) is 0 Å². The number of carbonyl (C=O) groups excluding carboxylic acids is 1. The highest BCUT2D eigenvalue weighted by Gasteiger charge is 2.26. The van der Waals surface area contributed by atoms with Gasteiger partial charge >= 0.3 is 5.63 Å². The summed E-state index contributed by atoms with van der Waals surface area (Å²) in [6.07, 6.45) is 0. The fourth-order valence-corrected chi connectivity index (χ4v) is 3.40. The van der Waals surface area contributed by atoms with Crippen LogP contribution in [0.5, 0.6) is 0 Å². The van der Waals surface area contributed by atoms with Crippen LogP contribution in [0.1, 0.15) is 10.4 Å². The Hall–Kier alpha value is -3.75. The SMILES string of the molecule is O=C(c1cc2cc([N+](=O)[O-])ccc2oc1=O)N1CCN(c2ccccc2F)CC1. The monoisotopic (exact) mass is 397 g/mol. The lowest BCUT2D eigenvalue weighted by molar-refractivity contribution is -0.384. The van der Waals surface area contributed by atoms with E-state index in [1.54, 1.807) is 18.2 Å². The normalized spacial score (nSPS) is 14.2. The number of nitro groups is 1. The number of fused-ring (bicyclic) bond motifs is 1. The molecule has 1 fully saturated rings. The van der Waals surface area contributed by atoms with E-state index in [0.29, 0.717) is 37.3 Å². The standard InChI is InChI=1S/C20H16FN3O5/c21-16-3-1-2-4-17(16)22-7-9-23(10-8-22)19(25)15-12-13-11-14(24(27)28)5-6-18(13)29-20(15)26/h1-6,11-12H,7-10H2. The van der Waals surface area contributed by atoms with Crippen LogP contribution >= 0.6 is 0 Å². The van der Waals surface area contributed by atoms with E-state index in [1.807, 2.05) is 4.90 Å². The third-order valence-corrected chi connectivity index (χ3v) is 4.92. The molecule has 0 aliphatic carbocycles. The van der Waals surface area contributed by atoms with E-state index in [2.05, 4.69) is 0 Å². The largest absolute Gasteiger partial charge is 0.422 e. The lowest BCUT2D eigenvalue weighted by Crippen LogP contribution is -2.49. The molecular formula is C20H16FN3O5. The van der Waals surface area contributed by atoms with Crippen LogP contribution in [0.4, 0.5) is 15.8 Å². The highest BCUT2D eigenvalue weighted by Crippen LogP contribution is 2.23. The van der Waals surface area contributed by atoms with E-state index >= 15 is 0 Å². The second-order valence-corrected chi connectivity index (χ2v) is 6.66. The average Bonchev–Trinajstić information content (AvgIpc) is 2.73. The minimum atomic E-state index is -0.798. The molecule has 0 N–H and O–H groups in total. The number of piperazine rings is 1. The van der Waals surface area contributed by atoms with Crippen LogP contribution in [0.3, 0.4) is 0 Å². The molecule has 0 saturated carbocycles. The minimum absolute atomic E-state index is 0.164. The highest BCUT2D eigenvalue weighted by molar-refractivity contribution is 5.97. The van der Waals surface area contributed by atoms with Gasteiger partial charge < -0.3 is 14.2 Å². The fraction of sp³-hybridized carbons (Fsp3) is 0.200. The van der Waals surface area contributed by atoms with Crippen molar-refractivity contribution in [2.24, 2.45) is 0 Å². The maximum Gasteiger partial charge on any atom is 0.349 e. The van der Waals surface area contributed by atoms with Crippen LogP contribution in [0.15, 0.2) is 57.7 Å². The Morgan fingerprint density at radius 3 is 2.48 bits per heavy atom. The predicted octanol–water partition coefficient (Wildman–Crippen LogP) is 2.80. The molecule has 1 aromatic heterocycles. The van der Waals surface area contributed by atoms with Crippen LogP contribution in [0, 0.1) is 15.9 Å². The molecule has 0 atom stereocenters. The maximum absolute atomic E-state index is 14.0. The summed E-state index contributed by atoms with van der Waals surface area (Å²) in [5.74, 6) is -0.843. The van der Waals surface area contributed by atoms with E-state index in [1.165, 1.54) is 35.2 Å². The Morgan fingerprint density at radius 1 is 1.07 bits per heavy atom. The van der Waals surface area contributed by atoms with Gasteiger partial charge in [-0.15, -0.1) is 0 Å². The molecule has 0 radical (unpaired) electrons. The molecule has 148 valence electrons. The summed E-state index contributed by atoms with van der Waals surface area (Å²) in [7, 11) is 0. The molecule has 1 amide bonds. The Bertz CT molecular complexity index is 1170. The van der Waals surface area contributed by atoms with E-state index < -0.39 is 16.5 Å². The number of non-ortho nitro benzene ring substituents is 1. The first kappa shape index (κ1) is 18.6. The number of nitro benzene ring substituents is 1. The van der Waals surface area contributed by atoms with Crippen LogP contribution in [0.25, 0.3) is 11.0 Å². The van der Waals surface area contributed by atoms with E-state index in [-0.39, 0.29) is 22.7 Å². The molecule has 0 spiro atoms. The summed E-state index contributed by atoms with van der Waals surface area (Å²) in [6, 6.07) is 11.6. The topological polar surface area (TPSA) is 96.9 Å². The van der Waals surface area contributed by atoms with Gasteiger partial charge in [-0.05, 0) is 24.3 Å². The van der Waals surface area contributed by atoms with Crippen LogP contribution in [-0.2, 0) is 0 Å². The first-order valence-corrected chi connectivity index (χ1v) is 8.95. The number of nitrogens with zero attached hydrogens (tertiary/aromatic N) is 3. The summed E-state index contributed by atoms with van der Waals surface area (Å²) in [4.78, 5) is 38.8. The van der Waals surface area contributed by atoms with Gasteiger partial charge in [-0.1, -0.05) is 12.1 Å². The second-order valence-electron chi connectivity index (χ2n) is 6.66. The van der Waals surface area contributed by atoms with Crippen LogP contribution in [-0.4, -0.2) is 41.9 Å². The number of carbonyl (C=O) groups is 1. The molecule has 1 aliphatic rings. The quantitative estimate of drug-likeness (QED) is 0.383. The number of amides is 1. The summed E-state index contributed by atoms with van der Waals surface area (Å²) in [5.41, 5.74) is -0.507. The van der Waals surface area contributed by atoms with Crippen molar-refractivity contribution in [2.75, 3.05) is 31.1 Å². The zero-order valence-corrected chi connectivity index (χ0v) is 15.2. The van der Waals surface area contributed by atoms with Crippen molar-refractivity contribution in [3.8, 4) is 0 Å². The number of para-hydroxylation sites is 1. The Morgan fingerprint density at radius 2 is 1.79 bits per heavy atom. The van der Waals surface area contributed by atoms with Gasteiger partial charge in [-0.3, -0.25) is 14.9 Å². The molecule has 0 unspecified atom stereocenters.